The predicted octanol–water partition coefficient (Wildman–Crippen LogP) is 1.31. The van der Waals surface area contributed by atoms with Crippen LogP contribution < -0.4 is 0 Å². The van der Waals surface area contributed by atoms with Crippen molar-refractivity contribution in [2.75, 3.05) is 28.4 Å². The van der Waals surface area contributed by atoms with Crippen LogP contribution in [0, 0.1) is 0 Å². The molecule has 1 aliphatic rings. The standard InChI is InChI=1S/C12H17O9P/c1-16-11(13)8-6-5-7-9(10(8)12(14)17-2)22(15,20-18-3)21-19-4/h5,7,9H,6H2,1-4H3. The van der Waals surface area contributed by atoms with Crippen molar-refractivity contribution < 1.29 is 42.8 Å². The largest absolute Gasteiger partial charge is 0.466 e. The monoisotopic (exact) mass is 336 g/mol. The third kappa shape index (κ3) is 3.82. The summed E-state index contributed by atoms with van der Waals surface area (Å²) in [7, 11) is 0.406. The van der Waals surface area contributed by atoms with Crippen LogP contribution in [0.2, 0.25) is 0 Å². The molecule has 0 N–H and O–H groups in total. The zero-order chi connectivity index (χ0) is 16.8. The summed E-state index contributed by atoms with van der Waals surface area (Å²) in [6, 6.07) is 0. The van der Waals surface area contributed by atoms with Crippen LogP contribution in [-0.4, -0.2) is 46.0 Å². The van der Waals surface area contributed by atoms with E-state index in [0.29, 0.717) is 0 Å². The second-order valence-electron chi connectivity index (χ2n) is 3.97. The van der Waals surface area contributed by atoms with E-state index in [4.69, 9.17) is 0 Å². The summed E-state index contributed by atoms with van der Waals surface area (Å²) in [4.78, 5) is 32.7. The molecule has 0 spiro atoms. The summed E-state index contributed by atoms with van der Waals surface area (Å²) < 4.78 is 31.3. The Balaban J connectivity index is 3.41. The lowest BCUT2D eigenvalue weighted by Gasteiger charge is -2.26. The molecule has 0 bridgehead atoms. The molecule has 0 aromatic rings. The van der Waals surface area contributed by atoms with Gasteiger partial charge in [0, 0.05) is 0 Å². The first-order chi connectivity index (χ1) is 10.4. The smallest absolute Gasteiger partial charge is 0.395 e. The number of hydrogen-bond donors (Lipinski definition) is 0. The minimum Gasteiger partial charge on any atom is -0.466 e. The van der Waals surface area contributed by atoms with Gasteiger partial charge in [-0.05, 0) is 6.42 Å². The molecule has 10 heteroatoms. The van der Waals surface area contributed by atoms with Gasteiger partial charge in [-0.15, -0.1) is 9.35 Å². The number of rotatable bonds is 7. The summed E-state index contributed by atoms with van der Waals surface area (Å²) in [6.07, 6.45) is 3.01. The van der Waals surface area contributed by atoms with Crippen molar-refractivity contribution in [3.05, 3.63) is 23.3 Å². The molecule has 0 radical (unpaired) electrons. The molecule has 0 aromatic carbocycles. The van der Waals surface area contributed by atoms with Gasteiger partial charge in [0.25, 0.3) is 0 Å². The van der Waals surface area contributed by atoms with E-state index in [9.17, 15) is 14.2 Å². The molecular formula is C12H17O9P. The first-order valence-corrected chi connectivity index (χ1v) is 7.67. The summed E-state index contributed by atoms with van der Waals surface area (Å²) in [5.41, 5.74) is -1.46. The molecule has 0 saturated heterocycles. The minimum atomic E-state index is -4.10. The van der Waals surface area contributed by atoms with E-state index >= 15 is 0 Å². The quantitative estimate of drug-likeness (QED) is 0.223. The summed E-state index contributed by atoms with van der Waals surface area (Å²) in [5.74, 6) is -1.62. The average Bonchev–Trinajstić information content (AvgIpc) is 2.53. The fourth-order valence-electron chi connectivity index (χ4n) is 1.95. The van der Waals surface area contributed by atoms with Gasteiger partial charge in [-0.25, -0.2) is 19.4 Å². The van der Waals surface area contributed by atoms with Crippen LogP contribution >= 0.6 is 7.60 Å². The van der Waals surface area contributed by atoms with Gasteiger partial charge in [0.1, 0.15) is 5.66 Å². The van der Waals surface area contributed by atoms with Crippen LogP contribution in [0.25, 0.3) is 0 Å². The van der Waals surface area contributed by atoms with E-state index in [1.165, 1.54) is 12.2 Å². The first kappa shape index (κ1) is 18.5. The van der Waals surface area contributed by atoms with Gasteiger partial charge < -0.3 is 9.47 Å². The summed E-state index contributed by atoms with van der Waals surface area (Å²) in [5, 5.41) is 0. The normalized spacial score (nSPS) is 18.3. The van der Waals surface area contributed by atoms with Gasteiger partial charge in [0.05, 0.1) is 39.6 Å². The molecular weight excluding hydrogens is 319 g/mol. The van der Waals surface area contributed by atoms with Crippen LogP contribution in [0.3, 0.4) is 0 Å². The highest BCUT2D eigenvalue weighted by Gasteiger charge is 2.45. The highest BCUT2D eigenvalue weighted by atomic mass is 31.2. The number of ether oxygens (including phenoxy) is 2. The van der Waals surface area contributed by atoms with E-state index in [2.05, 4.69) is 28.6 Å². The number of carbonyl (C=O) groups is 2. The molecule has 0 heterocycles. The van der Waals surface area contributed by atoms with E-state index in [1.54, 1.807) is 0 Å². The third-order valence-corrected chi connectivity index (χ3v) is 4.62. The van der Waals surface area contributed by atoms with Crippen molar-refractivity contribution >= 4 is 19.5 Å². The number of methoxy groups -OCH3 is 2. The zero-order valence-electron chi connectivity index (χ0n) is 12.6. The molecule has 1 atom stereocenters. The number of carbonyl (C=O) groups excluding carboxylic acids is 2. The molecule has 124 valence electrons. The molecule has 0 amide bonds. The molecule has 1 unspecified atom stereocenters. The van der Waals surface area contributed by atoms with Crippen LogP contribution in [-0.2, 0) is 42.8 Å². The Morgan fingerprint density at radius 2 is 1.59 bits per heavy atom. The minimum absolute atomic E-state index is 0.0125. The SMILES string of the molecule is COOP(=O)(OOC)C1C=CCC(C(=O)OC)=C1C(=O)OC. The highest BCUT2D eigenvalue weighted by molar-refractivity contribution is 7.55. The van der Waals surface area contributed by atoms with Gasteiger partial charge >= 0.3 is 19.5 Å². The maximum Gasteiger partial charge on any atom is 0.395 e. The number of esters is 2. The molecule has 1 rings (SSSR count). The molecule has 22 heavy (non-hydrogen) atoms. The zero-order valence-corrected chi connectivity index (χ0v) is 13.5. The van der Waals surface area contributed by atoms with Crippen molar-refractivity contribution in [3.63, 3.8) is 0 Å². The van der Waals surface area contributed by atoms with Crippen LogP contribution in [0.4, 0.5) is 0 Å². The van der Waals surface area contributed by atoms with Gasteiger partial charge in [0.15, 0.2) is 0 Å². The Labute approximate surface area is 127 Å². The molecule has 0 saturated carbocycles. The Bertz CT molecular complexity index is 527. The molecule has 0 aromatic heterocycles. The van der Waals surface area contributed by atoms with E-state index < -0.39 is 25.2 Å². The van der Waals surface area contributed by atoms with Gasteiger partial charge in [-0.2, -0.15) is 0 Å². The van der Waals surface area contributed by atoms with Crippen molar-refractivity contribution in [2.24, 2.45) is 0 Å². The van der Waals surface area contributed by atoms with Crippen LogP contribution in [0.1, 0.15) is 6.42 Å². The third-order valence-electron chi connectivity index (χ3n) is 2.80. The second-order valence-corrected chi connectivity index (χ2v) is 5.91. The molecule has 9 nitrogen and oxygen atoms in total. The fourth-order valence-corrected chi connectivity index (χ4v) is 3.48. The van der Waals surface area contributed by atoms with Crippen molar-refractivity contribution in [3.8, 4) is 0 Å². The van der Waals surface area contributed by atoms with Crippen molar-refractivity contribution in [2.45, 2.75) is 12.1 Å². The summed E-state index contributed by atoms with van der Waals surface area (Å²) in [6.45, 7) is 0. The lowest BCUT2D eigenvalue weighted by molar-refractivity contribution is -0.242. The maximum absolute atomic E-state index is 12.7. The number of allylic oxidation sites excluding steroid dienone is 2. The Hall–Kier alpha value is -1.51. The summed E-state index contributed by atoms with van der Waals surface area (Å²) >= 11 is 0. The van der Waals surface area contributed by atoms with Crippen molar-refractivity contribution in [1.82, 2.24) is 0 Å². The fraction of sp³-hybridized carbons (Fsp3) is 0.500. The Morgan fingerprint density at radius 3 is 2.05 bits per heavy atom. The lowest BCUT2D eigenvalue weighted by atomic mass is 9.96. The maximum atomic E-state index is 12.7. The average molecular weight is 336 g/mol. The second kappa shape index (κ2) is 8.21. The van der Waals surface area contributed by atoms with Crippen LogP contribution in [0.5, 0.6) is 0 Å². The Morgan fingerprint density at radius 1 is 1.05 bits per heavy atom. The molecule has 1 aliphatic carbocycles. The van der Waals surface area contributed by atoms with E-state index in [0.717, 1.165) is 28.4 Å². The van der Waals surface area contributed by atoms with Gasteiger partial charge in [0.2, 0.25) is 0 Å². The lowest BCUT2D eigenvalue weighted by Crippen LogP contribution is -2.27. The van der Waals surface area contributed by atoms with Gasteiger partial charge in [-0.3, -0.25) is 4.57 Å². The topological polar surface area (TPSA) is 107 Å². The molecule has 0 aliphatic heterocycles. The van der Waals surface area contributed by atoms with E-state index in [-0.39, 0.29) is 17.6 Å². The van der Waals surface area contributed by atoms with Crippen molar-refractivity contribution in [1.29, 1.82) is 0 Å². The first-order valence-electron chi connectivity index (χ1n) is 6.06. The van der Waals surface area contributed by atoms with Crippen LogP contribution in [0.15, 0.2) is 23.3 Å². The highest BCUT2D eigenvalue weighted by Crippen LogP contribution is 2.57. The van der Waals surface area contributed by atoms with Gasteiger partial charge in [-0.1, -0.05) is 12.2 Å². The molecule has 0 fully saturated rings. The number of hydrogen-bond acceptors (Lipinski definition) is 9. The van der Waals surface area contributed by atoms with E-state index in [1.807, 2.05) is 0 Å². The Kier molecular flexibility index (Phi) is 6.92. The predicted molar refractivity (Wildman–Crippen MR) is 72.4 cm³/mol.